The van der Waals surface area contributed by atoms with Crippen LogP contribution in [0.5, 0.6) is 0 Å². The second kappa shape index (κ2) is 4.11. The molecule has 1 aliphatic carbocycles. The third-order valence-corrected chi connectivity index (χ3v) is 2.51. The number of allylic oxidation sites excluding steroid dienone is 3. The molecule has 0 heterocycles. The van der Waals surface area contributed by atoms with Gasteiger partial charge in [-0.25, -0.2) is 0 Å². The van der Waals surface area contributed by atoms with Crippen molar-refractivity contribution in [1.29, 1.82) is 5.26 Å². The van der Waals surface area contributed by atoms with E-state index in [-0.39, 0.29) is 0 Å². The standard InChI is InChI=1S/C11H15N/c1-9(2)11-5-3-10(4-6-11)7-8-12/h3,11H,1,4-7H2,2H3/t11-/m1/s1. The first-order valence-corrected chi connectivity index (χ1v) is 4.44. The molecular weight excluding hydrogens is 146 g/mol. The van der Waals surface area contributed by atoms with Gasteiger partial charge in [-0.15, -0.1) is 0 Å². The third kappa shape index (κ3) is 2.23. The Morgan fingerprint density at radius 2 is 2.58 bits per heavy atom. The Bertz CT molecular complexity index is 242. The minimum absolute atomic E-state index is 0.614. The van der Waals surface area contributed by atoms with Crippen LogP contribution < -0.4 is 0 Å². The van der Waals surface area contributed by atoms with Crippen molar-refractivity contribution in [3.63, 3.8) is 0 Å². The second-order valence-corrected chi connectivity index (χ2v) is 3.51. The lowest BCUT2D eigenvalue weighted by Gasteiger charge is -2.20. The molecule has 0 saturated heterocycles. The minimum atomic E-state index is 0.614. The van der Waals surface area contributed by atoms with E-state index in [9.17, 15) is 0 Å². The van der Waals surface area contributed by atoms with Crippen LogP contribution in [0, 0.1) is 17.2 Å². The molecule has 0 unspecified atom stereocenters. The van der Waals surface area contributed by atoms with Gasteiger partial charge in [-0.1, -0.05) is 23.8 Å². The van der Waals surface area contributed by atoms with Gasteiger partial charge in [-0.05, 0) is 32.1 Å². The summed E-state index contributed by atoms with van der Waals surface area (Å²) in [6.45, 7) is 6.05. The van der Waals surface area contributed by atoms with Gasteiger partial charge in [0, 0.05) is 0 Å². The van der Waals surface area contributed by atoms with Gasteiger partial charge < -0.3 is 0 Å². The summed E-state index contributed by atoms with van der Waals surface area (Å²) in [6.07, 6.45) is 6.19. The number of rotatable bonds is 2. The number of nitrogens with zero attached hydrogens (tertiary/aromatic N) is 1. The van der Waals surface area contributed by atoms with E-state index in [4.69, 9.17) is 5.26 Å². The minimum Gasteiger partial charge on any atom is -0.198 e. The van der Waals surface area contributed by atoms with Gasteiger partial charge in [0.05, 0.1) is 12.5 Å². The Balaban J connectivity index is 2.48. The Kier molecular flexibility index (Phi) is 3.10. The monoisotopic (exact) mass is 161 g/mol. The Labute approximate surface area is 74.4 Å². The van der Waals surface area contributed by atoms with E-state index in [2.05, 4.69) is 25.6 Å². The molecule has 1 aliphatic rings. The van der Waals surface area contributed by atoms with Gasteiger partial charge in [-0.2, -0.15) is 5.26 Å². The predicted octanol–water partition coefficient (Wildman–Crippen LogP) is 3.20. The lowest BCUT2D eigenvalue weighted by atomic mass is 9.85. The van der Waals surface area contributed by atoms with Crippen LogP contribution in [0.2, 0.25) is 0 Å². The topological polar surface area (TPSA) is 23.8 Å². The van der Waals surface area contributed by atoms with E-state index in [1.807, 2.05) is 0 Å². The van der Waals surface area contributed by atoms with E-state index in [0.717, 1.165) is 12.8 Å². The van der Waals surface area contributed by atoms with Crippen LogP contribution in [0.1, 0.15) is 32.6 Å². The molecule has 0 N–H and O–H groups in total. The molecule has 0 aromatic carbocycles. The number of hydrogen-bond donors (Lipinski definition) is 0. The highest BCUT2D eigenvalue weighted by Crippen LogP contribution is 2.29. The van der Waals surface area contributed by atoms with Gasteiger partial charge >= 0.3 is 0 Å². The molecule has 12 heavy (non-hydrogen) atoms. The van der Waals surface area contributed by atoms with Crippen molar-refractivity contribution in [3.05, 3.63) is 23.8 Å². The summed E-state index contributed by atoms with van der Waals surface area (Å²) in [5.41, 5.74) is 2.59. The van der Waals surface area contributed by atoms with Crippen LogP contribution in [0.15, 0.2) is 23.8 Å². The maximum atomic E-state index is 8.49. The first kappa shape index (κ1) is 9.06. The summed E-state index contributed by atoms with van der Waals surface area (Å²) in [5, 5.41) is 8.49. The van der Waals surface area contributed by atoms with E-state index in [1.165, 1.54) is 17.6 Å². The summed E-state index contributed by atoms with van der Waals surface area (Å²) < 4.78 is 0. The molecule has 64 valence electrons. The zero-order valence-electron chi connectivity index (χ0n) is 7.64. The molecule has 0 bridgehead atoms. The summed E-state index contributed by atoms with van der Waals surface area (Å²) in [6, 6.07) is 2.19. The predicted molar refractivity (Wildman–Crippen MR) is 50.5 cm³/mol. The fourth-order valence-electron chi connectivity index (χ4n) is 1.60. The van der Waals surface area contributed by atoms with Crippen molar-refractivity contribution in [2.75, 3.05) is 0 Å². The van der Waals surface area contributed by atoms with Crippen LogP contribution in [0.4, 0.5) is 0 Å². The Hall–Kier alpha value is -1.03. The van der Waals surface area contributed by atoms with Crippen LogP contribution in [-0.4, -0.2) is 0 Å². The quantitative estimate of drug-likeness (QED) is 0.570. The lowest BCUT2D eigenvalue weighted by molar-refractivity contribution is 0.537. The van der Waals surface area contributed by atoms with E-state index < -0.39 is 0 Å². The second-order valence-electron chi connectivity index (χ2n) is 3.51. The van der Waals surface area contributed by atoms with Crippen LogP contribution >= 0.6 is 0 Å². The number of nitriles is 1. The summed E-state index contributed by atoms with van der Waals surface area (Å²) in [5.74, 6) is 0.660. The fraction of sp³-hybridized carbons (Fsp3) is 0.545. The molecule has 0 amide bonds. The van der Waals surface area contributed by atoms with Gasteiger partial charge in [-0.3, -0.25) is 0 Å². The largest absolute Gasteiger partial charge is 0.198 e. The molecule has 0 radical (unpaired) electrons. The van der Waals surface area contributed by atoms with Crippen molar-refractivity contribution < 1.29 is 0 Å². The molecule has 1 heteroatoms. The van der Waals surface area contributed by atoms with Gasteiger partial charge in [0.2, 0.25) is 0 Å². The lowest BCUT2D eigenvalue weighted by Crippen LogP contribution is -2.06. The molecular formula is C11H15N. The maximum Gasteiger partial charge on any atom is 0.0666 e. The van der Waals surface area contributed by atoms with Crippen LogP contribution in [0.3, 0.4) is 0 Å². The smallest absolute Gasteiger partial charge is 0.0666 e. The van der Waals surface area contributed by atoms with Gasteiger partial charge in [0.15, 0.2) is 0 Å². The normalized spacial score (nSPS) is 22.7. The molecule has 0 spiro atoms. The van der Waals surface area contributed by atoms with Crippen molar-refractivity contribution >= 4 is 0 Å². The highest BCUT2D eigenvalue weighted by Gasteiger charge is 2.13. The summed E-state index contributed by atoms with van der Waals surface area (Å²) >= 11 is 0. The van der Waals surface area contributed by atoms with Crippen LogP contribution in [0.25, 0.3) is 0 Å². The van der Waals surface area contributed by atoms with Gasteiger partial charge in [0.25, 0.3) is 0 Å². The highest BCUT2D eigenvalue weighted by atomic mass is 14.2. The molecule has 0 saturated carbocycles. The average molecular weight is 161 g/mol. The zero-order valence-corrected chi connectivity index (χ0v) is 7.64. The van der Waals surface area contributed by atoms with E-state index in [0.29, 0.717) is 12.3 Å². The highest BCUT2D eigenvalue weighted by molar-refractivity contribution is 5.14. The van der Waals surface area contributed by atoms with Crippen molar-refractivity contribution in [2.24, 2.45) is 5.92 Å². The molecule has 1 atom stereocenters. The first-order valence-electron chi connectivity index (χ1n) is 4.44. The number of hydrogen-bond acceptors (Lipinski definition) is 1. The Morgan fingerprint density at radius 3 is 3.00 bits per heavy atom. The third-order valence-electron chi connectivity index (χ3n) is 2.51. The molecule has 0 aromatic rings. The molecule has 0 aromatic heterocycles. The van der Waals surface area contributed by atoms with E-state index >= 15 is 0 Å². The molecule has 1 rings (SSSR count). The summed E-state index contributed by atoms with van der Waals surface area (Å²) in [7, 11) is 0. The maximum absolute atomic E-state index is 8.49. The average Bonchev–Trinajstić information content (AvgIpc) is 2.06. The van der Waals surface area contributed by atoms with Crippen molar-refractivity contribution in [1.82, 2.24) is 0 Å². The molecule has 1 nitrogen and oxygen atoms in total. The SMILES string of the molecule is C=C(C)[C@@H]1CC=C(CC#N)CC1. The van der Waals surface area contributed by atoms with Crippen molar-refractivity contribution in [2.45, 2.75) is 32.6 Å². The van der Waals surface area contributed by atoms with Gasteiger partial charge in [0.1, 0.15) is 0 Å². The molecule has 0 aliphatic heterocycles. The first-order chi connectivity index (χ1) is 5.74. The zero-order chi connectivity index (χ0) is 8.97. The molecule has 0 fully saturated rings. The van der Waals surface area contributed by atoms with E-state index in [1.54, 1.807) is 0 Å². The fourth-order valence-corrected chi connectivity index (χ4v) is 1.60. The van der Waals surface area contributed by atoms with Crippen molar-refractivity contribution in [3.8, 4) is 6.07 Å². The summed E-state index contributed by atoms with van der Waals surface area (Å²) in [4.78, 5) is 0. The Morgan fingerprint density at radius 1 is 1.83 bits per heavy atom. The van der Waals surface area contributed by atoms with Crippen LogP contribution in [-0.2, 0) is 0 Å².